The van der Waals surface area contributed by atoms with Gasteiger partial charge in [0.2, 0.25) is 5.91 Å². The number of fused-ring (bicyclic) bond motifs is 1. The molecular weight excluding hydrogens is 362 g/mol. The van der Waals surface area contributed by atoms with E-state index < -0.39 is 0 Å². The number of hydrogen-bond acceptors (Lipinski definition) is 4. The van der Waals surface area contributed by atoms with Crippen molar-refractivity contribution >= 4 is 27.5 Å². The number of thiophene rings is 1. The van der Waals surface area contributed by atoms with Crippen LogP contribution >= 0.6 is 11.3 Å². The van der Waals surface area contributed by atoms with Gasteiger partial charge >= 0.3 is 5.69 Å². The summed E-state index contributed by atoms with van der Waals surface area (Å²) in [5.41, 5.74) is 0.0211. The van der Waals surface area contributed by atoms with Crippen LogP contribution in [-0.4, -0.2) is 22.0 Å². The Morgan fingerprint density at radius 2 is 2.04 bits per heavy atom. The highest BCUT2D eigenvalue weighted by molar-refractivity contribution is 7.17. The average Bonchev–Trinajstić information content (AvgIpc) is 3.12. The highest BCUT2D eigenvalue weighted by atomic mass is 32.1. The number of carbonyl (C=O) groups excluding carboxylic acids is 1. The highest BCUT2D eigenvalue weighted by Gasteiger charge is 2.10. The van der Waals surface area contributed by atoms with Crippen LogP contribution in [0, 0.1) is 5.92 Å². The fraction of sp³-hybridized carbons (Fsp3) is 0.650. The number of nitrogens with zero attached hydrogens (tertiary/aromatic N) is 1. The topological polar surface area (TPSA) is 84.0 Å². The van der Waals surface area contributed by atoms with E-state index in [4.69, 9.17) is 0 Å². The van der Waals surface area contributed by atoms with Crippen LogP contribution in [0.3, 0.4) is 0 Å². The first kappa shape index (κ1) is 21.4. The predicted octanol–water partition coefficient (Wildman–Crippen LogP) is 3.64. The first-order chi connectivity index (χ1) is 13.1. The van der Waals surface area contributed by atoms with E-state index in [0.717, 1.165) is 25.8 Å². The Morgan fingerprint density at radius 3 is 2.78 bits per heavy atom. The number of H-pyrrole nitrogens is 1. The molecule has 0 saturated heterocycles. The van der Waals surface area contributed by atoms with Crippen LogP contribution in [0.15, 0.2) is 21.0 Å². The smallest absolute Gasteiger partial charge is 0.328 e. The fourth-order valence-corrected chi connectivity index (χ4v) is 3.99. The summed E-state index contributed by atoms with van der Waals surface area (Å²) in [6.07, 6.45) is 7.46. The molecule has 0 fully saturated rings. The quantitative estimate of drug-likeness (QED) is 0.540. The molecule has 150 valence electrons. The van der Waals surface area contributed by atoms with Crippen molar-refractivity contribution in [2.45, 2.75) is 71.8 Å². The zero-order valence-electron chi connectivity index (χ0n) is 16.4. The van der Waals surface area contributed by atoms with Crippen LogP contribution in [-0.2, 0) is 11.3 Å². The first-order valence-corrected chi connectivity index (χ1v) is 10.9. The Hall–Kier alpha value is -1.89. The van der Waals surface area contributed by atoms with E-state index in [1.807, 2.05) is 0 Å². The largest absolute Gasteiger partial charge is 0.356 e. The SMILES string of the molecule is CCCC[C@H](CC)CNC(=O)CCCCCn1c(=O)[nH]c2ccsc2c1=O. The lowest BCUT2D eigenvalue weighted by Gasteiger charge is -2.15. The van der Waals surface area contributed by atoms with Crippen LogP contribution in [0.5, 0.6) is 0 Å². The van der Waals surface area contributed by atoms with E-state index in [1.165, 1.54) is 35.2 Å². The van der Waals surface area contributed by atoms with Crippen molar-refractivity contribution < 1.29 is 4.79 Å². The summed E-state index contributed by atoms with van der Waals surface area (Å²) in [4.78, 5) is 39.1. The lowest BCUT2D eigenvalue weighted by atomic mass is 9.99. The van der Waals surface area contributed by atoms with Gasteiger partial charge in [-0.1, -0.05) is 39.5 Å². The van der Waals surface area contributed by atoms with Gasteiger partial charge in [-0.2, -0.15) is 0 Å². The molecular formula is C20H31N3O3S. The highest BCUT2D eigenvalue weighted by Crippen LogP contribution is 2.13. The second kappa shape index (κ2) is 11.1. The molecule has 0 aliphatic carbocycles. The zero-order valence-corrected chi connectivity index (χ0v) is 17.2. The van der Waals surface area contributed by atoms with Gasteiger partial charge in [0, 0.05) is 19.5 Å². The van der Waals surface area contributed by atoms with Gasteiger partial charge in [0.25, 0.3) is 5.56 Å². The number of rotatable bonds is 12. The Bertz CT molecular complexity index is 837. The van der Waals surface area contributed by atoms with Crippen LogP contribution < -0.4 is 16.6 Å². The van der Waals surface area contributed by atoms with Gasteiger partial charge in [-0.05, 0) is 36.6 Å². The Labute approximate surface area is 164 Å². The van der Waals surface area contributed by atoms with Gasteiger partial charge in [0.1, 0.15) is 4.70 Å². The summed E-state index contributed by atoms with van der Waals surface area (Å²) in [7, 11) is 0. The van der Waals surface area contributed by atoms with Crippen molar-refractivity contribution in [1.82, 2.24) is 14.9 Å². The molecule has 27 heavy (non-hydrogen) atoms. The summed E-state index contributed by atoms with van der Waals surface area (Å²) >= 11 is 1.34. The molecule has 0 aromatic carbocycles. The van der Waals surface area contributed by atoms with Crippen LogP contribution in [0.1, 0.15) is 65.2 Å². The maximum absolute atomic E-state index is 12.3. The standard InChI is InChI=1S/C20H31N3O3S/c1-3-5-9-15(4-2)14-21-17(24)10-7-6-8-12-23-19(25)18-16(11-13-27-18)22-20(23)26/h11,13,15H,3-10,12,14H2,1-2H3,(H,21,24)(H,22,26)/t15-/m0/s1. The molecule has 0 saturated carbocycles. The minimum Gasteiger partial charge on any atom is -0.356 e. The lowest BCUT2D eigenvalue weighted by Crippen LogP contribution is -2.34. The molecule has 2 heterocycles. The zero-order chi connectivity index (χ0) is 19.6. The molecule has 2 aromatic heterocycles. The van der Waals surface area contributed by atoms with Gasteiger partial charge in [-0.15, -0.1) is 11.3 Å². The van der Waals surface area contributed by atoms with Crippen LogP contribution in [0.25, 0.3) is 10.2 Å². The summed E-state index contributed by atoms with van der Waals surface area (Å²) in [6, 6.07) is 1.75. The molecule has 0 unspecified atom stereocenters. The maximum Gasteiger partial charge on any atom is 0.328 e. The second-order valence-corrected chi connectivity index (χ2v) is 8.00. The van der Waals surface area contributed by atoms with Crippen molar-refractivity contribution in [3.05, 3.63) is 32.3 Å². The number of carbonyl (C=O) groups is 1. The number of aromatic amines is 1. The molecule has 2 aromatic rings. The molecule has 1 amide bonds. The number of aromatic nitrogens is 2. The summed E-state index contributed by atoms with van der Waals surface area (Å²) in [5.74, 6) is 0.666. The van der Waals surface area contributed by atoms with E-state index >= 15 is 0 Å². The van der Waals surface area contributed by atoms with Gasteiger partial charge in [-0.3, -0.25) is 14.2 Å². The monoisotopic (exact) mass is 393 g/mol. The van der Waals surface area contributed by atoms with Crippen molar-refractivity contribution in [3.63, 3.8) is 0 Å². The molecule has 7 heteroatoms. The number of amides is 1. The third-order valence-corrected chi connectivity index (χ3v) is 5.91. The van der Waals surface area contributed by atoms with Crippen molar-refractivity contribution in [3.8, 4) is 0 Å². The number of hydrogen-bond donors (Lipinski definition) is 2. The maximum atomic E-state index is 12.3. The first-order valence-electron chi connectivity index (χ1n) is 10.0. The molecule has 0 spiro atoms. The van der Waals surface area contributed by atoms with Crippen LogP contribution in [0.2, 0.25) is 0 Å². The summed E-state index contributed by atoms with van der Waals surface area (Å²) < 4.78 is 1.85. The molecule has 0 aliphatic heterocycles. The third-order valence-electron chi connectivity index (χ3n) is 5.01. The van der Waals surface area contributed by atoms with Gasteiger partial charge < -0.3 is 10.3 Å². The number of unbranched alkanes of at least 4 members (excludes halogenated alkanes) is 3. The van der Waals surface area contributed by atoms with E-state index in [-0.39, 0.29) is 17.2 Å². The predicted molar refractivity (Wildman–Crippen MR) is 111 cm³/mol. The van der Waals surface area contributed by atoms with Crippen molar-refractivity contribution in [2.75, 3.05) is 6.54 Å². The van der Waals surface area contributed by atoms with E-state index in [2.05, 4.69) is 24.1 Å². The van der Waals surface area contributed by atoms with Crippen LogP contribution in [0.4, 0.5) is 0 Å². The Balaban J connectivity index is 1.69. The number of nitrogens with one attached hydrogen (secondary N) is 2. The van der Waals surface area contributed by atoms with Crippen molar-refractivity contribution in [1.29, 1.82) is 0 Å². The van der Waals surface area contributed by atoms with Gasteiger partial charge in [-0.25, -0.2) is 4.79 Å². The normalized spacial score (nSPS) is 12.4. The molecule has 0 radical (unpaired) electrons. The Kier molecular flexibility index (Phi) is 8.78. The molecule has 0 bridgehead atoms. The van der Waals surface area contributed by atoms with Crippen molar-refractivity contribution in [2.24, 2.45) is 5.92 Å². The minimum absolute atomic E-state index is 0.0972. The second-order valence-electron chi connectivity index (χ2n) is 7.08. The third kappa shape index (κ3) is 6.34. The van der Waals surface area contributed by atoms with E-state index in [1.54, 1.807) is 11.4 Å². The minimum atomic E-state index is -0.360. The van der Waals surface area contributed by atoms with E-state index in [9.17, 15) is 14.4 Å². The average molecular weight is 394 g/mol. The molecule has 2 rings (SSSR count). The lowest BCUT2D eigenvalue weighted by molar-refractivity contribution is -0.121. The molecule has 1 atom stereocenters. The van der Waals surface area contributed by atoms with Gasteiger partial charge in [0.15, 0.2) is 0 Å². The molecule has 0 aliphatic rings. The Morgan fingerprint density at radius 1 is 1.22 bits per heavy atom. The summed E-state index contributed by atoms with van der Waals surface area (Å²) in [5, 5.41) is 4.84. The fourth-order valence-electron chi connectivity index (χ4n) is 3.20. The van der Waals surface area contributed by atoms with E-state index in [0.29, 0.717) is 35.5 Å². The summed E-state index contributed by atoms with van der Waals surface area (Å²) in [6.45, 7) is 5.51. The molecule has 6 nitrogen and oxygen atoms in total. The molecule has 2 N–H and O–H groups in total. The van der Waals surface area contributed by atoms with Gasteiger partial charge in [0.05, 0.1) is 5.52 Å².